The topological polar surface area (TPSA) is 30.2 Å². The Kier molecular flexibility index (Phi) is 3.25. The summed E-state index contributed by atoms with van der Waals surface area (Å²) in [6.07, 6.45) is 4.70. The normalized spacial score (nSPS) is 22.2. The van der Waals surface area contributed by atoms with Crippen LogP contribution >= 0.6 is 0 Å². The van der Waals surface area contributed by atoms with Gasteiger partial charge in [0.15, 0.2) is 5.43 Å². The van der Waals surface area contributed by atoms with Gasteiger partial charge in [-0.2, -0.15) is 0 Å². The molecule has 0 bridgehead atoms. The Morgan fingerprint density at radius 1 is 0.955 bits per heavy atom. The predicted molar refractivity (Wildman–Crippen MR) is 90.4 cm³/mol. The first-order chi connectivity index (χ1) is 10.7. The van der Waals surface area contributed by atoms with Gasteiger partial charge in [0.2, 0.25) is 0 Å². The standard InChI is InChI=1S/C20H20O2/c1-13-6-8-15(9-7-13)19-12-18(21)17-11-10-14-4-2-3-5-16(14)20(17)22-19/h2-5,10-13,15H,6-9H2,1H3. The van der Waals surface area contributed by atoms with Crippen molar-refractivity contribution in [2.75, 3.05) is 0 Å². The molecule has 112 valence electrons. The molecule has 1 saturated carbocycles. The van der Waals surface area contributed by atoms with Gasteiger partial charge in [-0.05, 0) is 30.2 Å². The first-order valence-corrected chi connectivity index (χ1v) is 8.18. The van der Waals surface area contributed by atoms with Gasteiger partial charge >= 0.3 is 0 Å². The summed E-state index contributed by atoms with van der Waals surface area (Å²) in [6, 6.07) is 13.7. The molecule has 1 aliphatic rings. The van der Waals surface area contributed by atoms with Crippen molar-refractivity contribution in [3.63, 3.8) is 0 Å². The molecular formula is C20H20O2. The van der Waals surface area contributed by atoms with E-state index in [1.165, 1.54) is 12.8 Å². The second-order valence-electron chi connectivity index (χ2n) is 6.63. The second kappa shape index (κ2) is 5.28. The lowest BCUT2D eigenvalue weighted by atomic mass is 9.81. The van der Waals surface area contributed by atoms with Gasteiger partial charge in [0, 0.05) is 17.4 Å². The van der Waals surface area contributed by atoms with Crippen molar-refractivity contribution in [3.05, 3.63) is 58.4 Å². The smallest absolute Gasteiger partial charge is 0.192 e. The predicted octanol–water partition coefficient (Wildman–Crippen LogP) is 5.24. The molecule has 22 heavy (non-hydrogen) atoms. The molecule has 0 N–H and O–H groups in total. The Hall–Kier alpha value is -2.09. The van der Waals surface area contributed by atoms with Gasteiger partial charge in [-0.1, -0.05) is 50.1 Å². The van der Waals surface area contributed by atoms with Gasteiger partial charge in [0.25, 0.3) is 0 Å². The lowest BCUT2D eigenvalue weighted by molar-refractivity contribution is 0.317. The van der Waals surface area contributed by atoms with Crippen LogP contribution in [0.3, 0.4) is 0 Å². The van der Waals surface area contributed by atoms with Gasteiger partial charge in [0.1, 0.15) is 11.3 Å². The lowest BCUT2D eigenvalue weighted by Crippen LogP contribution is -2.13. The van der Waals surface area contributed by atoms with Crippen molar-refractivity contribution in [2.24, 2.45) is 5.92 Å². The van der Waals surface area contributed by atoms with E-state index in [-0.39, 0.29) is 5.43 Å². The van der Waals surface area contributed by atoms with Gasteiger partial charge in [-0.25, -0.2) is 0 Å². The minimum atomic E-state index is 0.0839. The summed E-state index contributed by atoms with van der Waals surface area (Å²) in [6.45, 7) is 2.31. The van der Waals surface area contributed by atoms with Gasteiger partial charge < -0.3 is 4.42 Å². The maximum atomic E-state index is 12.5. The quantitative estimate of drug-likeness (QED) is 0.574. The first-order valence-electron chi connectivity index (χ1n) is 8.18. The fourth-order valence-electron chi connectivity index (χ4n) is 3.65. The Morgan fingerprint density at radius 2 is 1.73 bits per heavy atom. The number of fused-ring (bicyclic) bond motifs is 3. The summed E-state index contributed by atoms with van der Waals surface area (Å²) in [5.41, 5.74) is 0.833. The molecule has 2 heteroatoms. The van der Waals surface area contributed by atoms with E-state index in [1.54, 1.807) is 6.07 Å². The van der Waals surface area contributed by atoms with E-state index in [9.17, 15) is 4.79 Å². The highest BCUT2D eigenvalue weighted by molar-refractivity contribution is 6.03. The molecule has 2 aromatic carbocycles. The van der Waals surface area contributed by atoms with E-state index < -0.39 is 0 Å². The summed E-state index contributed by atoms with van der Waals surface area (Å²) in [5.74, 6) is 2.07. The third-order valence-corrected chi connectivity index (χ3v) is 5.06. The fraction of sp³-hybridized carbons (Fsp3) is 0.350. The summed E-state index contributed by atoms with van der Waals surface area (Å²) < 4.78 is 6.23. The highest BCUT2D eigenvalue weighted by Gasteiger charge is 2.22. The third kappa shape index (κ3) is 2.23. The molecule has 1 fully saturated rings. The van der Waals surface area contributed by atoms with Crippen LogP contribution in [0.4, 0.5) is 0 Å². The molecule has 0 amide bonds. The number of hydrogen-bond donors (Lipinski definition) is 0. The third-order valence-electron chi connectivity index (χ3n) is 5.06. The van der Waals surface area contributed by atoms with Crippen LogP contribution in [0.2, 0.25) is 0 Å². The average molecular weight is 292 g/mol. The largest absolute Gasteiger partial charge is 0.460 e. The molecule has 0 atom stereocenters. The van der Waals surface area contributed by atoms with Gasteiger partial charge in [-0.15, -0.1) is 0 Å². The summed E-state index contributed by atoms with van der Waals surface area (Å²) in [7, 11) is 0. The Labute approximate surface area is 129 Å². The van der Waals surface area contributed by atoms with Crippen LogP contribution in [-0.4, -0.2) is 0 Å². The SMILES string of the molecule is CC1CCC(c2cc(=O)c3ccc4ccccc4c3o2)CC1. The zero-order chi connectivity index (χ0) is 15.1. The van der Waals surface area contributed by atoms with E-state index in [1.807, 2.05) is 30.3 Å². The molecule has 0 spiro atoms. The molecule has 3 aromatic rings. The highest BCUT2D eigenvalue weighted by atomic mass is 16.3. The van der Waals surface area contributed by atoms with Crippen molar-refractivity contribution in [1.29, 1.82) is 0 Å². The van der Waals surface area contributed by atoms with Crippen molar-refractivity contribution >= 4 is 21.7 Å². The van der Waals surface area contributed by atoms with Gasteiger partial charge in [0.05, 0.1) is 5.39 Å². The molecule has 0 saturated heterocycles. The Bertz CT molecular complexity index is 883. The molecule has 0 aliphatic heterocycles. The summed E-state index contributed by atoms with van der Waals surface area (Å²) >= 11 is 0. The van der Waals surface area contributed by atoms with Crippen molar-refractivity contribution in [3.8, 4) is 0 Å². The number of hydrogen-bond acceptors (Lipinski definition) is 2. The first kappa shape index (κ1) is 13.6. The van der Waals surface area contributed by atoms with Crippen LogP contribution in [0, 0.1) is 5.92 Å². The number of rotatable bonds is 1. The van der Waals surface area contributed by atoms with Crippen LogP contribution in [0.25, 0.3) is 21.7 Å². The molecule has 2 nitrogen and oxygen atoms in total. The summed E-state index contributed by atoms with van der Waals surface area (Å²) in [4.78, 5) is 12.5. The van der Waals surface area contributed by atoms with Crippen LogP contribution in [0.5, 0.6) is 0 Å². The van der Waals surface area contributed by atoms with E-state index in [0.29, 0.717) is 11.3 Å². The Balaban J connectivity index is 1.90. The molecule has 1 aromatic heterocycles. The zero-order valence-corrected chi connectivity index (χ0v) is 12.8. The van der Waals surface area contributed by atoms with Crippen LogP contribution in [0.1, 0.15) is 44.3 Å². The second-order valence-corrected chi connectivity index (χ2v) is 6.63. The van der Waals surface area contributed by atoms with Crippen LogP contribution in [0.15, 0.2) is 51.7 Å². The van der Waals surface area contributed by atoms with E-state index in [0.717, 1.165) is 40.9 Å². The number of benzene rings is 2. The van der Waals surface area contributed by atoms with Crippen molar-refractivity contribution in [2.45, 2.75) is 38.5 Å². The Morgan fingerprint density at radius 3 is 2.55 bits per heavy atom. The monoisotopic (exact) mass is 292 g/mol. The minimum Gasteiger partial charge on any atom is -0.460 e. The van der Waals surface area contributed by atoms with E-state index in [4.69, 9.17) is 4.42 Å². The molecular weight excluding hydrogens is 272 g/mol. The highest BCUT2D eigenvalue weighted by Crippen LogP contribution is 2.36. The van der Waals surface area contributed by atoms with Crippen LogP contribution < -0.4 is 5.43 Å². The molecule has 0 radical (unpaired) electrons. The maximum Gasteiger partial charge on any atom is 0.192 e. The average Bonchev–Trinajstić information content (AvgIpc) is 2.55. The summed E-state index contributed by atoms with van der Waals surface area (Å²) in [5, 5.41) is 2.84. The van der Waals surface area contributed by atoms with Crippen molar-refractivity contribution < 1.29 is 4.42 Å². The van der Waals surface area contributed by atoms with E-state index in [2.05, 4.69) is 13.0 Å². The van der Waals surface area contributed by atoms with Crippen LogP contribution in [-0.2, 0) is 0 Å². The minimum absolute atomic E-state index is 0.0839. The zero-order valence-electron chi connectivity index (χ0n) is 12.8. The molecule has 1 aliphatic carbocycles. The molecule has 0 unspecified atom stereocenters. The van der Waals surface area contributed by atoms with E-state index >= 15 is 0 Å². The molecule has 1 heterocycles. The van der Waals surface area contributed by atoms with Crippen molar-refractivity contribution in [1.82, 2.24) is 0 Å². The fourth-order valence-corrected chi connectivity index (χ4v) is 3.65. The molecule has 4 rings (SSSR count). The lowest BCUT2D eigenvalue weighted by Gasteiger charge is -2.25. The maximum absolute atomic E-state index is 12.5. The van der Waals surface area contributed by atoms with Gasteiger partial charge in [-0.3, -0.25) is 4.79 Å².